The lowest BCUT2D eigenvalue weighted by Gasteiger charge is -2.51. The highest BCUT2D eigenvalue weighted by Gasteiger charge is 2.57. The lowest BCUT2D eigenvalue weighted by molar-refractivity contribution is 0.0243. The second-order valence-electron chi connectivity index (χ2n) is 6.10. The monoisotopic (exact) mass is 295 g/mol. The predicted molar refractivity (Wildman–Crippen MR) is 78.2 cm³/mol. The summed E-state index contributed by atoms with van der Waals surface area (Å²) in [7, 11) is 0. The maximum Gasteiger partial charge on any atom is 0.316 e. The Morgan fingerprint density at radius 1 is 1.40 bits per heavy atom. The van der Waals surface area contributed by atoms with Crippen molar-refractivity contribution in [1.29, 1.82) is 0 Å². The maximum absolute atomic E-state index is 11.5. The summed E-state index contributed by atoms with van der Waals surface area (Å²) in [5.74, 6) is 0.781. The number of benzene rings is 1. The third-order valence-corrected chi connectivity index (χ3v) is 4.83. The van der Waals surface area contributed by atoms with Crippen LogP contribution in [0.25, 0.3) is 0 Å². The summed E-state index contributed by atoms with van der Waals surface area (Å²) >= 11 is 6.10. The Bertz CT molecular complexity index is 590. The molecule has 1 saturated heterocycles. The lowest BCUT2D eigenvalue weighted by atomic mass is 9.81. The molecule has 0 spiro atoms. The Labute approximate surface area is 123 Å². The number of halogens is 1. The Balaban J connectivity index is 2.14. The van der Waals surface area contributed by atoms with Gasteiger partial charge in [-0.15, -0.1) is 0 Å². The SMILES string of the molecule is CC1(C)Oc2ccc(Cl)cc2N2CN(C(N)=O)CC21C. The van der Waals surface area contributed by atoms with Crippen LogP contribution in [0.4, 0.5) is 10.5 Å². The summed E-state index contributed by atoms with van der Waals surface area (Å²) in [5.41, 5.74) is 5.55. The van der Waals surface area contributed by atoms with Crippen LogP contribution in [-0.2, 0) is 0 Å². The molecule has 0 aromatic heterocycles. The Kier molecular flexibility index (Phi) is 2.64. The van der Waals surface area contributed by atoms with E-state index >= 15 is 0 Å². The van der Waals surface area contributed by atoms with Gasteiger partial charge in [-0.05, 0) is 39.0 Å². The first-order valence-electron chi connectivity index (χ1n) is 6.55. The summed E-state index contributed by atoms with van der Waals surface area (Å²) in [5, 5.41) is 0.645. The van der Waals surface area contributed by atoms with Gasteiger partial charge < -0.3 is 20.3 Å². The number of urea groups is 1. The van der Waals surface area contributed by atoms with Crippen LogP contribution >= 0.6 is 11.6 Å². The number of hydrogen-bond donors (Lipinski definition) is 1. The molecule has 6 heteroatoms. The second-order valence-corrected chi connectivity index (χ2v) is 6.54. The molecule has 20 heavy (non-hydrogen) atoms. The van der Waals surface area contributed by atoms with E-state index in [2.05, 4.69) is 11.8 Å². The first-order valence-corrected chi connectivity index (χ1v) is 6.93. The van der Waals surface area contributed by atoms with Crippen molar-refractivity contribution in [1.82, 2.24) is 4.90 Å². The highest BCUT2D eigenvalue weighted by atomic mass is 35.5. The van der Waals surface area contributed by atoms with Crippen LogP contribution in [0.5, 0.6) is 5.75 Å². The molecule has 0 bridgehead atoms. The van der Waals surface area contributed by atoms with Gasteiger partial charge in [0.05, 0.1) is 24.4 Å². The van der Waals surface area contributed by atoms with Crippen LogP contribution in [0.3, 0.4) is 0 Å². The van der Waals surface area contributed by atoms with Gasteiger partial charge in [-0.3, -0.25) is 0 Å². The van der Waals surface area contributed by atoms with Crippen LogP contribution in [0.1, 0.15) is 20.8 Å². The normalized spacial score (nSPS) is 26.8. The van der Waals surface area contributed by atoms with E-state index in [1.165, 1.54) is 0 Å². The lowest BCUT2D eigenvalue weighted by Crippen LogP contribution is -2.64. The van der Waals surface area contributed by atoms with Gasteiger partial charge in [-0.2, -0.15) is 0 Å². The summed E-state index contributed by atoms with van der Waals surface area (Å²) < 4.78 is 6.14. The number of ether oxygens (including phenoxy) is 1. The van der Waals surface area contributed by atoms with E-state index in [4.69, 9.17) is 22.1 Å². The van der Waals surface area contributed by atoms with Crippen LogP contribution < -0.4 is 15.4 Å². The number of carbonyl (C=O) groups is 1. The molecule has 0 aliphatic carbocycles. The number of fused-ring (bicyclic) bond motifs is 3. The van der Waals surface area contributed by atoms with Gasteiger partial charge in [-0.1, -0.05) is 11.6 Å². The van der Waals surface area contributed by atoms with Gasteiger partial charge in [0.15, 0.2) is 0 Å². The minimum Gasteiger partial charge on any atom is -0.483 e. The molecular formula is C14H18ClN3O2. The van der Waals surface area contributed by atoms with E-state index in [1.54, 1.807) is 11.0 Å². The van der Waals surface area contributed by atoms with Gasteiger partial charge in [0.2, 0.25) is 0 Å². The van der Waals surface area contributed by atoms with E-state index in [9.17, 15) is 4.79 Å². The molecule has 1 unspecified atom stereocenters. The number of rotatable bonds is 0. The standard InChI is InChI=1S/C14H18ClN3O2/c1-13(2)14(3)7-17(12(16)19)8-18(14)10-6-9(15)4-5-11(10)20-13/h4-6H,7-8H2,1-3H3,(H2,16,19). The molecule has 3 rings (SSSR count). The number of hydrogen-bond acceptors (Lipinski definition) is 3. The number of nitrogens with two attached hydrogens (primary N) is 1. The zero-order chi connectivity index (χ0) is 14.7. The molecule has 1 atom stereocenters. The molecule has 1 fully saturated rings. The van der Waals surface area contributed by atoms with E-state index in [-0.39, 0.29) is 5.54 Å². The van der Waals surface area contributed by atoms with Gasteiger partial charge in [0.1, 0.15) is 11.4 Å². The summed E-state index contributed by atoms with van der Waals surface area (Å²) in [6.07, 6.45) is 0. The van der Waals surface area contributed by atoms with Crippen molar-refractivity contribution in [2.24, 2.45) is 5.73 Å². The zero-order valence-electron chi connectivity index (χ0n) is 11.8. The zero-order valence-corrected chi connectivity index (χ0v) is 12.6. The fourth-order valence-corrected chi connectivity index (χ4v) is 3.18. The quantitative estimate of drug-likeness (QED) is 0.800. The van der Waals surface area contributed by atoms with E-state index < -0.39 is 11.6 Å². The first-order chi connectivity index (χ1) is 9.24. The van der Waals surface area contributed by atoms with Crippen LogP contribution in [-0.4, -0.2) is 35.3 Å². The molecule has 1 aromatic rings. The van der Waals surface area contributed by atoms with E-state index in [0.29, 0.717) is 18.2 Å². The van der Waals surface area contributed by atoms with Crippen molar-refractivity contribution in [3.63, 3.8) is 0 Å². The second kappa shape index (κ2) is 3.95. The number of primary amides is 1. The minimum absolute atomic E-state index is 0.348. The molecule has 2 heterocycles. The molecule has 0 radical (unpaired) electrons. The van der Waals surface area contributed by atoms with Gasteiger partial charge in [0.25, 0.3) is 0 Å². The Morgan fingerprint density at radius 2 is 2.10 bits per heavy atom. The van der Waals surface area contributed by atoms with Gasteiger partial charge >= 0.3 is 6.03 Å². The molecule has 2 amide bonds. The first kappa shape index (κ1) is 13.4. The Hall–Kier alpha value is -1.62. The molecule has 2 aliphatic heterocycles. The highest BCUT2D eigenvalue weighted by molar-refractivity contribution is 6.31. The number of anilines is 1. The summed E-state index contributed by atoms with van der Waals surface area (Å²) in [4.78, 5) is 15.3. The smallest absolute Gasteiger partial charge is 0.316 e. The number of amides is 2. The number of carbonyl (C=O) groups excluding carboxylic acids is 1. The van der Waals surface area contributed by atoms with Crippen molar-refractivity contribution >= 4 is 23.3 Å². The molecule has 0 saturated carbocycles. The molecular weight excluding hydrogens is 278 g/mol. The van der Waals surface area contributed by atoms with E-state index in [1.807, 2.05) is 26.0 Å². The average molecular weight is 296 g/mol. The summed E-state index contributed by atoms with van der Waals surface area (Å²) in [6, 6.07) is 5.13. The maximum atomic E-state index is 11.5. The van der Waals surface area contributed by atoms with Crippen LogP contribution in [0.2, 0.25) is 5.02 Å². The fourth-order valence-electron chi connectivity index (χ4n) is 3.01. The van der Waals surface area contributed by atoms with Crippen molar-refractivity contribution in [3.05, 3.63) is 23.2 Å². The van der Waals surface area contributed by atoms with Gasteiger partial charge in [-0.25, -0.2) is 4.79 Å². The Morgan fingerprint density at radius 3 is 2.75 bits per heavy atom. The third kappa shape index (κ3) is 1.66. The van der Waals surface area contributed by atoms with Crippen LogP contribution in [0, 0.1) is 0 Å². The van der Waals surface area contributed by atoms with Crippen molar-refractivity contribution in [3.8, 4) is 5.75 Å². The topological polar surface area (TPSA) is 58.8 Å². The average Bonchev–Trinajstić information content (AvgIpc) is 2.71. The summed E-state index contributed by atoms with van der Waals surface area (Å²) in [6.45, 7) is 7.12. The molecule has 1 aromatic carbocycles. The number of nitrogens with zero attached hydrogens (tertiary/aromatic N) is 2. The highest BCUT2D eigenvalue weighted by Crippen LogP contribution is 2.49. The molecule has 2 N–H and O–H groups in total. The molecule has 2 aliphatic rings. The van der Waals surface area contributed by atoms with Crippen LogP contribution in [0.15, 0.2) is 18.2 Å². The molecule has 108 valence electrons. The minimum atomic E-state index is -0.446. The van der Waals surface area contributed by atoms with Crippen molar-refractivity contribution < 1.29 is 9.53 Å². The van der Waals surface area contributed by atoms with E-state index in [0.717, 1.165) is 11.4 Å². The fraction of sp³-hybridized carbons (Fsp3) is 0.500. The van der Waals surface area contributed by atoms with Gasteiger partial charge in [0, 0.05) is 5.02 Å². The largest absolute Gasteiger partial charge is 0.483 e. The van der Waals surface area contributed by atoms with Crippen molar-refractivity contribution in [2.75, 3.05) is 18.1 Å². The molecule has 5 nitrogen and oxygen atoms in total. The predicted octanol–water partition coefficient (Wildman–Crippen LogP) is 2.43. The third-order valence-electron chi connectivity index (χ3n) is 4.59. The van der Waals surface area contributed by atoms with Crippen molar-refractivity contribution in [2.45, 2.75) is 31.9 Å².